The number of alkyl halides is 2. The Bertz CT molecular complexity index is 1370. The molecule has 36 heavy (non-hydrogen) atoms. The van der Waals surface area contributed by atoms with Crippen LogP contribution in [0.2, 0.25) is 5.02 Å². The van der Waals surface area contributed by atoms with Crippen LogP contribution in [-0.2, 0) is 38.1 Å². The van der Waals surface area contributed by atoms with E-state index in [4.69, 9.17) is 16.3 Å². The third-order valence-electron chi connectivity index (χ3n) is 5.25. The van der Waals surface area contributed by atoms with Crippen LogP contribution >= 0.6 is 20.1 Å². The third-order valence-corrected chi connectivity index (χ3v) is 7.87. The van der Waals surface area contributed by atoms with Crippen molar-refractivity contribution < 1.29 is 36.0 Å². The van der Waals surface area contributed by atoms with Gasteiger partial charge in [0.05, 0.1) is 30.4 Å². The number of methoxy groups -OCH3 is 2. The van der Waals surface area contributed by atoms with Crippen LogP contribution < -0.4 is 4.74 Å². The number of carbonyl (C=O) groups excluding carboxylic acids is 1. The smallest absolute Gasteiger partial charge is 0.351 e. The maximum atomic E-state index is 13.9. The quantitative estimate of drug-likeness (QED) is 0.230. The average Bonchev–Trinajstić information content (AvgIpc) is 2.88. The van der Waals surface area contributed by atoms with Crippen molar-refractivity contribution in [1.29, 1.82) is 0 Å². The summed E-state index contributed by atoms with van der Waals surface area (Å²) >= 11 is 6.02. The number of para-hydroxylation sites is 1. The van der Waals surface area contributed by atoms with Crippen LogP contribution in [0.3, 0.4) is 0 Å². The molecule has 0 aliphatic rings. The first kappa shape index (κ1) is 27.7. The second-order valence-electron chi connectivity index (χ2n) is 7.56. The summed E-state index contributed by atoms with van der Waals surface area (Å²) in [6, 6.07) is 15.8. The van der Waals surface area contributed by atoms with E-state index in [1.807, 2.05) is 0 Å². The summed E-state index contributed by atoms with van der Waals surface area (Å²) in [7, 11) is -2.97. The lowest BCUT2D eigenvalue weighted by Crippen LogP contribution is -2.30. The summed E-state index contributed by atoms with van der Waals surface area (Å²) in [6.07, 6.45) is 0. The number of sulfonamides is 1. The lowest BCUT2D eigenvalue weighted by molar-refractivity contribution is 0.0600. The molecule has 0 aromatic heterocycles. The Kier molecular flexibility index (Phi) is 8.79. The molecule has 12 heteroatoms. The molecular weight excluding hydrogens is 535 g/mol. The van der Waals surface area contributed by atoms with Gasteiger partial charge in [-0.2, -0.15) is 13.1 Å². The lowest BCUT2D eigenvalue weighted by atomic mass is 10.1. The number of benzene rings is 3. The minimum atomic E-state index is -4.15. The van der Waals surface area contributed by atoms with E-state index in [-0.39, 0.29) is 28.8 Å². The zero-order chi connectivity index (χ0) is 26.5. The van der Waals surface area contributed by atoms with Gasteiger partial charge in [-0.25, -0.2) is 13.2 Å². The predicted octanol–water partition coefficient (Wildman–Crippen LogP) is 5.87. The van der Waals surface area contributed by atoms with Crippen LogP contribution in [0, 0.1) is 0 Å². The van der Waals surface area contributed by atoms with Gasteiger partial charge in [0.25, 0.3) is 0 Å². The minimum absolute atomic E-state index is 0.0851. The highest BCUT2D eigenvalue weighted by molar-refractivity contribution is 7.89. The van der Waals surface area contributed by atoms with E-state index in [1.54, 1.807) is 24.3 Å². The van der Waals surface area contributed by atoms with Gasteiger partial charge in [0.2, 0.25) is 18.5 Å². The van der Waals surface area contributed by atoms with Gasteiger partial charge in [-0.05, 0) is 41.5 Å². The molecule has 0 atom stereocenters. The highest BCUT2D eigenvalue weighted by Crippen LogP contribution is 2.42. The molecule has 0 spiro atoms. The first-order valence-corrected chi connectivity index (χ1v) is 13.0. The summed E-state index contributed by atoms with van der Waals surface area (Å²) in [5.41, 5.74) is -3.14. The number of esters is 1. The molecule has 7 nitrogen and oxygen atoms in total. The zero-order valence-corrected chi connectivity index (χ0v) is 21.6. The standard InChI is InChI=1S/C24H21ClF2NO6PS/c1-33-21-5-3-4-6-22(21)36(31,32)28(14-16-7-10-18(11-8-16)23(29)34-2)15-17-9-12-19(20(25)13-17)24(26,27)35-30/h3-13H,14-15H2,1-2H3. The molecule has 3 aromatic carbocycles. The van der Waals surface area contributed by atoms with Crippen molar-refractivity contribution in [3.8, 4) is 5.75 Å². The van der Waals surface area contributed by atoms with Crippen molar-refractivity contribution in [2.45, 2.75) is 23.6 Å². The molecule has 0 aliphatic heterocycles. The van der Waals surface area contributed by atoms with E-state index < -0.39 is 35.7 Å². The average molecular weight is 556 g/mol. The van der Waals surface area contributed by atoms with Crippen LogP contribution in [0.4, 0.5) is 8.78 Å². The number of hydrogen-bond acceptors (Lipinski definition) is 6. The van der Waals surface area contributed by atoms with Crippen molar-refractivity contribution in [2.24, 2.45) is 0 Å². The Morgan fingerprint density at radius 3 is 2.19 bits per heavy atom. The van der Waals surface area contributed by atoms with Gasteiger partial charge >= 0.3 is 11.6 Å². The maximum Gasteiger partial charge on any atom is 0.351 e. The van der Waals surface area contributed by atoms with Crippen LogP contribution in [0.5, 0.6) is 5.75 Å². The highest BCUT2D eigenvalue weighted by atomic mass is 35.5. The molecule has 0 saturated carbocycles. The number of carbonyl (C=O) groups is 1. The highest BCUT2D eigenvalue weighted by Gasteiger charge is 2.35. The molecule has 0 saturated heterocycles. The Balaban J connectivity index is 2.02. The normalized spacial score (nSPS) is 12.1. The van der Waals surface area contributed by atoms with Gasteiger partial charge in [0, 0.05) is 13.1 Å². The third kappa shape index (κ3) is 6.07. The van der Waals surface area contributed by atoms with Gasteiger partial charge < -0.3 is 9.47 Å². The molecule has 0 heterocycles. The lowest BCUT2D eigenvalue weighted by Gasteiger charge is -2.24. The van der Waals surface area contributed by atoms with E-state index in [9.17, 15) is 26.6 Å². The van der Waals surface area contributed by atoms with E-state index in [0.717, 1.165) is 10.4 Å². The van der Waals surface area contributed by atoms with Crippen molar-refractivity contribution in [3.63, 3.8) is 0 Å². The molecular formula is C24H21ClF2NO6PS. The van der Waals surface area contributed by atoms with Gasteiger partial charge in [0.1, 0.15) is 10.6 Å². The van der Waals surface area contributed by atoms with E-state index in [1.165, 1.54) is 50.6 Å². The second kappa shape index (κ2) is 11.4. The predicted molar refractivity (Wildman–Crippen MR) is 130 cm³/mol. The van der Waals surface area contributed by atoms with Crippen molar-refractivity contribution in [3.05, 3.63) is 94.0 Å². The molecule has 0 amide bonds. The van der Waals surface area contributed by atoms with E-state index in [0.29, 0.717) is 16.7 Å². The van der Waals surface area contributed by atoms with Gasteiger partial charge in [-0.3, -0.25) is 4.57 Å². The van der Waals surface area contributed by atoms with E-state index in [2.05, 4.69) is 4.74 Å². The van der Waals surface area contributed by atoms with Gasteiger partial charge in [-0.1, -0.05) is 48.0 Å². The molecule has 190 valence electrons. The number of hydrogen-bond donors (Lipinski definition) is 0. The minimum Gasteiger partial charge on any atom is -0.495 e. The Hall–Kier alpha value is -2.91. The Morgan fingerprint density at radius 1 is 1.00 bits per heavy atom. The van der Waals surface area contributed by atoms with Crippen molar-refractivity contribution >= 4 is 36.1 Å². The van der Waals surface area contributed by atoms with Gasteiger partial charge in [-0.15, -0.1) is 0 Å². The zero-order valence-electron chi connectivity index (χ0n) is 19.2. The monoisotopic (exact) mass is 555 g/mol. The topological polar surface area (TPSA) is 90.0 Å². The molecule has 0 bridgehead atoms. The fraction of sp³-hybridized carbons (Fsp3) is 0.208. The van der Waals surface area contributed by atoms with Crippen LogP contribution in [0.15, 0.2) is 71.6 Å². The summed E-state index contributed by atoms with van der Waals surface area (Å²) in [4.78, 5) is 11.6. The summed E-state index contributed by atoms with van der Waals surface area (Å²) in [5, 5.41) is -0.349. The summed E-state index contributed by atoms with van der Waals surface area (Å²) < 4.78 is 77.0. The van der Waals surface area contributed by atoms with Gasteiger partial charge in [0.15, 0.2) is 0 Å². The van der Waals surface area contributed by atoms with E-state index >= 15 is 0 Å². The maximum absolute atomic E-state index is 13.9. The largest absolute Gasteiger partial charge is 0.495 e. The number of halogens is 3. The molecule has 0 radical (unpaired) electrons. The number of rotatable bonds is 10. The SMILES string of the molecule is COC(=O)c1ccc(CN(Cc2ccc(C(F)(F)P=O)c(Cl)c2)S(=O)(=O)c2ccccc2OC)cc1. The van der Waals surface area contributed by atoms with Crippen LogP contribution in [0.25, 0.3) is 0 Å². The molecule has 0 aliphatic carbocycles. The first-order valence-electron chi connectivity index (χ1n) is 10.3. The van der Waals surface area contributed by atoms with Crippen LogP contribution in [-0.4, -0.2) is 32.9 Å². The van der Waals surface area contributed by atoms with Crippen LogP contribution in [0.1, 0.15) is 27.0 Å². The Morgan fingerprint density at radius 2 is 1.61 bits per heavy atom. The summed E-state index contributed by atoms with van der Waals surface area (Å²) in [6.45, 7) is -0.337. The fourth-order valence-corrected chi connectivity index (χ4v) is 5.67. The summed E-state index contributed by atoms with van der Waals surface area (Å²) in [5.74, 6) is -0.407. The number of nitrogens with zero attached hydrogens (tertiary/aromatic N) is 1. The molecule has 3 aromatic rings. The van der Waals surface area contributed by atoms with Crippen molar-refractivity contribution in [2.75, 3.05) is 14.2 Å². The Labute approximate surface area is 213 Å². The molecule has 0 N–H and O–H groups in total. The molecule has 0 fully saturated rings. The molecule has 0 unspecified atom stereocenters. The number of ether oxygens (including phenoxy) is 2. The first-order chi connectivity index (χ1) is 17.0. The fourth-order valence-electron chi connectivity index (χ4n) is 3.42. The molecule has 3 rings (SSSR count). The second-order valence-corrected chi connectivity index (χ2v) is 10.6. The van der Waals surface area contributed by atoms with Crippen molar-refractivity contribution in [1.82, 2.24) is 4.31 Å².